The minimum atomic E-state index is -5.08. The number of benzene rings is 1. The quantitative estimate of drug-likeness (QED) is 0.558. The second kappa shape index (κ2) is 9.67. The van der Waals surface area contributed by atoms with Crippen molar-refractivity contribution >= 4 is 17.9 Å². The topological polar surface area (TPSA) is 109 Å². The maximum Gasteiger partial charge on any atom is 0.490 e. The maximum absolute atomic E-state index is 13.7. The first-order valence-corrected chi connectivity index (χ1v) is 8.31. The largest absolute Gasteiger partial charge is 0.490 e. The van der Waals surface area contributed by atoms with Crippen molar-refractivity contribution in [2.75, 3.05) is 19.7 Å². The number of aromatic nitrogens is 1. The summed E-state index contributed by atoms with van der Waals surface area (Å²) in [6.07, 6.45) is -3.60. The van der Waals surface area contributed by atoms with Crippen LogP contribution in [0.1, 0.15) is 0 Å². The van der Waals surface area contributed by atoms with Gasteiger partial charge in [-0.2, -0.15) is 13.2 Å². The Morgan fingerprint density at radius 1 is 1.20 bits per heavy atom. The maximum atomic E-state index is 13.7. The van der Waals surface area contributed by atoms with Gasteiger partial charge in [-0.05, 0) is 24.3 Å². The lowest BCUT2D eigenvalue weighted by Crippen LogP contribution is -2.34. The number of pyridine rings is 1. The Hall–Kier alpha value is -3.70. The van der Waals surface area contributed by atoms with E-state index in [1.165, 1.54) is 12.3 Å². The molecule has 0 aliphatic carbocycles. The molecule has 1 aromatic carbocycles. The van der Waals surface area contributed by atoms with Gasteiger partial charge in [0.1, 0.15) is 18.2 Å². The van der Waals surface area contributed by atoms with Crippen LogP contribution in [0.15, 0.2) is 42.6 Å². The first-order valence-electron chi connectivity index (χ1n) is 8.31. The molecule has 12 heteroatoms. The minimum Gasteiger partial charge on any atom is -0.490 e. The van der Waals surface area contributed by atoms with E-state index in [0.29, 0.717) is 17.0 Å². The van der Waals surface area contributed by atoms with Gasteiger partial charge in [0.15, 0.2) is 0 Å². The molecule has 3 rings (SSSR count). The number of carboxylic acid groups (broad SMARTS) is 1. The number of nitrogens with zero attached hydrogens (tertiary/aromatic N) is 2. The third-order valence-electron chi connectivity index (χ3n) is 3.65. The molecule has 1 fully saturated rings. The molecular formula is C18H15F4N3O5. The number of carboxylic acids is 1. The van der Waals surface area contributed by atoms with E-state index in [0.717, 1.165) is 4.90 Å². The molecule has 2 heterocycles. The monoisotopic (exact) mass is 429 g/mol. The summed E-state index contributed by atoms with van der Waals surface area (Å²) in [5, 5.41) is 9.56. The third-order valence-corrected chi connectivity index (χ3v) is 3.65. The number of alkyl halides is 3. The number of imide groups is 1. The van der Waals surface area contributed by atoms with Crippen LogP contribution in [-0.4, -0.2) is 58.8 Å². The first kappa shape index (κ1) is 22.6. The van der Waals surface area contributed by atoms with Crippen molar-refractivity contribution in [3.05, 3.63) is 48.4 Å². The first-order chi connectivity index (χ1) is 14.1. The van der Waals surface area contributed by atoms with Crippen molar-refractivity contribution in [1.29, 1.82) is 0 Å². The molecule has 1 aromatic heterocycles. The van der Waals surface area contributed by atoms with Gasteiger partial charge in [-0.15, -0.1) is 0 Å². The van der Waals surface area contributed by atoms with E-state index in [-0.39, 0.29) is 31.4 Å². The lowest BCUT2D eigenvalue weighted by Gasteiger charge is -2.13. The van der Waals surface area contributed by atoms with E-state index >= 15 is 0 Å². The summed E-state index contributed by atoms with van der Waals surface area (Å²) in [5.74, 6) is -2.89. The van der Waals surface area contributed by atoms with Crippen molar-refractivity contribution in [2.24, 2.45) is 0 Å². The van der Waals surface area contributed by atoms with Gasteiger partial charge in [-0.25, -0.2) is 14.0 Å². The fourth-order valence-electron chi connectivity index (χ4n) is 2.23. The Morgan fingerprint density at radius 3 is 2.37 bits per heavy atom. The summed E-state index contributed by atoms with van der Waals surface area (Å²) < 4.78 is 50.9. The number of aliphatic carboxylic acids is 1. The molecule has 0 spiro atoms. The normalized spacial score (nSPS) is 13.4. The van der Waals surface area contributed by atoms with Crippen LogP contribution in [0.4, 0.5) is 22.4 Å². The van der Waals surface area contributed by atoms with E-state index in [1.807, 2.05) is 0 Å². The van der Waals surface area contributed by atoms with E-state index in [9.17, 15) is 27.2 Å². The summed E-state index contributed by atoms with van der Waals surface area (Å²) in [4.78, 5) is 36.9. The van der Waals surface area contributed by atoms with Crippen molar-refractivity contribution in [1.82, 2.24) is 15.2 Å². The number of carbonyl (C=O) groups excluding carboxylic acids is 2. The predicted molar refractivity (Wildman–Crippen MR) is 93.9 cm³/mol. The van der Waals surface area contributed by atoms with E-state index < -0.39 is 18.2 Å². The number of rotatable bonds is 5. The van der Waals surface area contributed by atoms with Gasteiger partial charge in [0, 0.05) is 5.56 Å². The fourth-order valence-corrected chi connectivity index (χ4v) is 2.23. The molecule has 3 amide bonds. The number of hydrogen-bond donors (Lipinski definition) is 2. The van der Waals surface area contributed by atoms with E-state index in [2.05, 4.69) is 10.3 Å². The number of halogens is 4. The molecule has 1 aliphatic heterocycles. The van der Waals surface area contributed by atoms with Gasteiger partial charge in [0.2, 0.25) is 5.91 Å². The van der Waals surface area contributed by atoms with Gasteiger partial charge in [-0.3, -0.25) is 14.7 Å². The predicted octanol–water partition coefficient (Wildman–Crippen LogP) is 2.45. The van der Waals surface area contributed by atoms with E-state index in [1.54, 1.807) is 30.3 Å². The Balaban J connectivity index is 0.000000396. The fraction of sp³-hybridized carbons (Fsp3) is 0.222. The molecule has 0 atom stereocenters. The zero-order valence-electron chi connectivity index (χ0n) is 15.1. The molecule has 1 saturated heterocycles. The second-order valence-corrected chi connectivity index (χ2v) is 5.71. The lowest BCUT2D eigenvalue weighted by atomic mass is 10.1. The molecule has 2 N–H and O–H groups in total. The highest BCUT2D eigenvalue weighted by molar-refractivity contribution is 6.01. The molecule has 2 aromatic rings. The summed E-state index contributed by atoms with van der Waals surface area (Å²) in [6, 6.07) is 9.29. The summed E-state index contributed by atoms with van der Waals surface area (Å²) in [7, 11) is 0. The smallest absolute Gasteiger partial charge is 0.490 e. The van der Waals surface area contributed by atoms with Crippen LogP contribution in [0.25, 0.3) is 11.3 Å². The molecule has 0 unspecified atom stereocenters. The van der Waals surface area contributed by atoms with Gasteiger partial charge in [0.25, 0.3) is 0 Å². The highest BCUT2D eigenvalue weighted by atomic mass is 19.4. The minimum absolute atomic E-state index is 0.0255. The Kier molecular flexibility index (Phi) is 7.28. The van der Waals surface area contributed by atoms with Crippen molar-refractivity contribution in [2.45, 2.75) is 6.18 Å². The highest BCUT2D eigenvalue weighted by Gasteiger charge is 2.38. The molecule has 1 aliphatic rings. The van der Waals surface area contributed by atoms with Crippen molar-refractivity contribution in [3.8, 4) is 17.0 Å². The second-order valence-electron chi connectivity index (χ2n) is 5.71. The van der Waals surface area contributed by atoms with E-state index in [4.69, 9.17) is 14.6 Å². The Bertz CT molecular complexity index is 903. The number of nitrogens with one attached hydrogen (secondary N) is 1. The molecule has 0 saturated carbocycles. The Labute approximate surface area is 167 Å². The standard InChI is InChI=1S/C16H14FN3O3.C2HF3O2/c17-13-4-2-1-3-12(13)14-6-5-11(9-18-14)23-8-7-20-15(21)10-19-16(20)22;3-2(4,5)1(6)7/h1-6,9H,7-8,10H2,(H,19,22);(H,6,7). The SMILES string of the molecule is O=C(O)C(F)(F)F.O=C1CNC(=O)N1CCOc1ccc(-c2ccccc2F)nc1. The molecule has 160 valence electrons. The highest BCUT2D eigenvalue weighted by Crippen LogP contribution is 2.22. The van der Waals surface area contributed by atoms with Crippen LogP contribution in [-0.2, 0) is 9.59 Å². The number of ether oxygens (including phenoxy) is 1. The van der Waals surface area contributed by atoms with Crippen LogP contribution in [0.3, 0.4) is 0 Å². The number of carbonyl (C=O) groups is 3. The van der Waals surface area contributed by atoms with Gasteiger partial charge >= 0.3 is 18.2 Å². The van der Waals surface area contributed by atoms with Crippen LogP contribution in [0.5, 0.6) is 5.75 Å². The van der Waals surface area contributed by atoms with Crippen molar-refractivity contribution < 1.29 is 41.8 Å². The number of hydrogen-bond acceptors (Lipinski definition) is 5. The lowest BCUT2D eigenvalue weighted by molar-refractivity contribution is -0.192. The zero-order valence-corrected chi connectivity index (χ0v) is 15.1. The van der Waals surface area contributed by atoms with Crippen LogP contribution in [0, 0.1) is 5.82 Å². The van der Waals surface area contributed by atoms with Crippen molar-refractivity contribution in [3.63, 3.8) is 0 Å². The summed E-state index contributed by atoms with van der Waals surface area (Å²) >= 11 is 0. The number of amides is 3. The average Bonchev–Trinajstić information content (AvgIpc) is 3.01. The molecule has 0 bridgehead atoms. The zero-order chi connectivity index (χ0) is 22.3. The van der Waals surface area contributed by atoms with Gasteiger partial charge < -0.3 is 15.2 Å². The van der Waals surface area contributed by atoms with Crippen LogP contribution < -0.4 is 10.1 Å². The van der Waals surface area contributed by atoms with Gasteiger partial charge in [-0.1, -0.05) is 12.1 Å². The third kappa shape index (κ3) is 6.15. The molecular weight excluding hydrogens is 414 g/mol. The van der Waals surface area contributed by atoms with Gasteiger partial charge in [0.05, 0.1) is 25.0 Å². The Morgan fingerprint density at radius 2 is 1.87 bits per heavy atom. The molecule has 8 nitrogen and oxygen atoms in total. The molecule has 30 heavy (non-hydrogen) atoms. The summed E-state index contributed by atoms with van der Waals surface area (Å²) in [6.45, 7) is 0.358. The van der Waals surface area contributed by atoms with Crippen LogP contribution >= 0.6 is 0 Å². The number of urea groups is 1. The summed E-state index contributed by atoms with van der Waals surface area (Å²) in [5.41, 5.74) is 0.919. The molecule has 0 radical (unpaired) electrons. The van der Waals surface area contributed by atoms with Crippen LogP contribution in [0.2, 0.25) is 0 Å². The average molecular weight is 429 g/mol.